The summed E-state index contributed by atoms with van der Waals surface area (Å²) in [4.78, 5) is 48.8. The van der Waals surface area contributed by atoms with Crippen LogP contribution in [-0.4, -0.2) is 84.4 Å². The van der Waals surface area contributed by atoms with Gasteiger partial charge in [0.2, 0.25) is 11.8 Å². The Hall–Kier alpha value is -4.15. The molecular formula is C36H45N3O7. The van der Waals surface area contributed by atoms with Gasteiger partial charge in [0.15, 0.2) is 0 Å². The summed E-state index contributed by atoms with van der Waals surface area (Å²) in [5, 5.41) is 10.3. The standard InChI is InChI=1S/C36H45N3O7/c1-8-19-37(25-13-17-28(18-14-25)45-10-3)32(41)29-30-33(42)39(24(5)22-40)31(36(30)21-23(4)35(29,6)46-36)34(43)38(20-9-2)26-11-15-27(44-7)16-12-26/h8-9,11-18,23-24,29-31,40H,1-2,10,19-22H2,3-7H3/t23?,24-,29+,30+,31?,35-,36?/m1/s1. The van der Waals surface area contributed by atoms with Crippen LogP contribution < -0.4 is 19.3 Å². The molecule has 0 aliphatic carbocycles. The highest BCUT2D eigenvalue weighted by Crippen LogP contribution is 2.66. The van der Waals surface area contributed by atoms with E-state index in [4.69, 9.17) is 14.2 Å². The molecule has 7 atom stereocenters. The number of aliphatic hydroxyl groups excluding tert-OH is 1. The first-order valence-electron chi connectivity index (χ1n) is 15.9. The van der Waals surface area contributed by atoms with Gasteiger partial charge in [-0.05, 0) is 81.6 Å². The first-order valence-corrected chi connectivity index (χ1v) is 15.9. The first kappa shape index (κ1) is 33.2. The van der Waals surface area contributed by atoms with E-state index >= 15 is 0 Å². The van der Waals surface area contributed by atoms with Crippen molar-refractivity contribution in [1.82, 2.24) is 4.90 Å². The van der Waals surface area contributed by atoms with Gasteiger partial charge in [-0.2, -0.15) is 0 Å². The molecule has 10 nitrogen and oxygen atoms in total. The number of likely N-dealkylation sites (tertiary alicyclic amines) is 1. The van der Waals surface area contributed by atoms with Crippen molar-refractivity contribution in [2.24, 2.45) is 17.8 Å². The van der Waals surface area contributed by atoms with Crippen LogP contribution in [0.1, 0.15) is 34.1 Å². The largest absolute Gasteiger partial charge is 0.497 e. The Kier molecular flexibility index (Phi) is 9.33. The molecule has 3 amide bonds. The van der Waals surface area contributed by atoms with Gasteiger partial charge in [0.25, 0.3) is 5.91 Å². The zero-order valence-corrected chi connectivity index (χ0v) is 27.3. The van der Waals surface area contributed by atoms with E-state index in [9.17, 15) is 19.5 Å². The summed E-state index contributed by atoms with van der Waals surface area (Å²) in [6.45, 7) is 15.8. The topological polar surface area (TPSA) is 109 Å². The lowest BCUT2D eigenvalue weighted by Crippen LogP contribution is -2.58. The number of carbonyl (C=O) groups excluding carboxylic acids is 3. The number of amides is 3. The monoisotopic (exact) mass is 631 g/mol. The summed E-state index contributed by atoms with van der Waals surface area (Å²) in [6, 6.07) is 12.5. The fourth-order valence-electron chi connectivity index (χ4n) is 7.76. The van der Waals surface area contributed by atoms with Gasteiger partial charge in [-0.25, -0.2) is 0 Å². The van der Waals surface area contributed by atoms with E-state index in [1.54, 1.807) is 72.4 Å². The smallest absolute Gasteiger partial charge is 0.253 e. The number of rotatable bonds is 13. The zero-order chi connectivity index (χ0) is 33.4. The molecule has 0 saturated carbocycles. The fraction of sp³-hybridized carbons (Fsp3) is 0.472. The minimum atomic E-state index is -1.28. The lowest BCUT2D eigenvalue weighted by atomic mass is 9.62. The van der Waals surface area contributed by atoms with Crippen LogP contribution in [0.4, 0.5) is 11.4 Å². The van der Waals surface area contributed by atoms with Gasteiger partial charge in [-0.15, -0.1) is 13.2 Å². The number of hydrogen-bond acceptors (Lipinski definition) is 7. The molecule has 3 saturated heterocycles. The number of anilines is 2. The number of ether oxygens (including phenoxy) is 3. The maximum Gasteiger partial charge on any atom is 0.253 e. The van der Waals surface area contributed by atoms with Crippen molar-refractivity contribution in [3.63, 3.8) is 0 Å². The average Bonchev–Trinajstić information content (AvgIpc) is 3.58. The van der Waals surface area contributed by atoms with Crippen molar-refractivity contribution in [3.8, 4) is 11.5 Å². The molecule has 10 heteroatoms. The van der Waals surface area contributed by atoms with Gasteiger partial charge in [0.1, 0.15) is 23.1 Å². The highest BCUT2D eigenvalue weighted by Gasteiger charge is 2.80. The molecule has 246 valence electrons. The van der Waals surface area contributed by atoms with Crippen molar-refractivity contribution in [2.45, 2.75) is 57.4 Å². The molecule has 3 aliphatic heterocycles. The number of methoxy groups -OCH3 is 1. The minimum Gasteiger partial charge on any atom is -0.497 e. The van der Waals surface area contributed by atoms with E-state index in [1.807, 2.05) is 32.9 Å². The molecule has 3 fully saturated rings. The minimum absolute atomic E-state index is 0.148. The Morgan fingerprint density at radius 2 is 1.59 bits per heavy atom. The molecule has 0 radical (unpaired) electrons. The van der Waals surface area contributed by atoms with E-state index in [2.05, 4.69) is 13.2 Å². The lowest BCUT2D eigenvalue weighted by molar-refractivity contribution is -0.148. The highest BCUT2D eigenvalue weighted by atomic mass is 16.5. The quantitative estimate of drug-likeness (QED) is 0.330. The summed E-state index contributed by atoms with van der Waals surface area (Å²) >= 11 is 0. The van der Waals surface area contributed by atoms with Gasteiger partial charge < -0.3 is 34.0 Å². The third kappa shape index (κ3) is 5.17. The van der Waals surface area contributed by atoms with Crippen LogP contribution in [0.25, 0.3) is 0 Å². The highest BCUT2D eigenvalue weighted by molar-refractivity contribution is 6.07. The lowest BCUT2D eigenvalue weighted by Gasteiger charge is -2.39. The Morgan fingerprint density at radius 1 is 1.04 bits per heavy atom. The Labute approximate surface area is 271 Å². The summed E-state index contributed by atoms with van der Waals surface area (Å²) in [5.41, 5.74) is -1.06. The molecule has 3 unspecified atom stereocenters. The Morgan fingerprint density at radius 3 is 2.09 bits per heavy atom. The number of fused-ring (bicyclic) bond motifs is 1. The van der Waals surface area contributed by atoms with Gasteiger partial charge in [-0.1, -0.05) is 19.1 Å². The van der Waals surface area contributed by atoms with E-state index in [0.29, 0.717) is 35.9 Å². The van der Waals surface area contributed by atoms with E-state index < -0.39 is 35.1 Å². The van der Waals surface area contributed by atoms with Crippen molar-refractivity contribution in [2.75, 3.05) is 43.2 Å². The maximum absolute atomic E-state index is 14.8. The van der Waals surface area contributed by atoms with E-state index in [1.165, 1.54) is 4.90 Å². The third-order valence-corrected chi connectivity index (χ3v) is 9.99. The summed E-state index contributed by atoms with van der Waals surface area (Å²) in [6.07, 6.45) is 3.68. The molecule has 3 aliphatic rings. The molecule has 5 rings (SSSR count). The molecular weight excluding hydrogens is 586 g/mol. The van der Waals surface area contributed by atoms with Crippen LogP contribution in [0.3, 0.4) is 0 Å². The fourth-order valence-corrected chi connectivity index (χ4v) is 7.76. The number of hydrogen-bond donors (Lipinski definition) is 1. The van der Waals surface area contributed by atoms with Crippen LogP contribution in [0.15, 0.2) is 73.8 Å². The van der Waals surface area contributed by atoms with Gasteiger partial charge in [0.05, 0.1) is 43.8 Å². The van der Waals surface area contributed by atoms with E-state index in [0.717, 1.165) is 0 Å². The number of carbonyl (C=O) groups is 3. The summed E-state index contributed by atoms with van der Waals surface area (Å²) in [5.74, 6) is -1.64. The van der Waals surface area contributed by atoms with Crippen LogP contribution >= 0.6 is 0 Å². The predicted molar refractivity (Wildman–Crippen MR) is 176 cm³/mol. The number of benzene rings is 2. The maximum atomic E-state index is 14.8. The van der Waals surface area contributed by atoms with Crippen LogP contribution in [0.2, 0.25) is 0 Å². The third-order valence-electron chi connectivity index (χ3n) is 9.99. The molecule has 1 spiro atoms. The van der Waals surface area contributed by atoms with Gasteiger partial charge in [-0.3, -0.25) is 14.4 Å². The van der Waals surface area contributed by atoms with Crippen molar-refractivity contribution < 1.29 is 33.7 Å². The number of nitrogens with zero attached hydrogens (tertiary/aromatic N) is 3. The first-order chi connectivity index (χ1) is 22.0. The molecule has 2 aromatic carbocycles. The predicted octanol–water partition coefficient (Wildman–Crippen LogP) is 4.22. The van der Waals surface area contributed by atoms with Crippen LogP contribution in [-0.2, 0) is 19.1 Å². The van der Waals surface area contributed by atoms with Gasteiger partial charge >= 0.3 is 0 Å². The molecule has 2 aromatic rings. The second-order valence-corrected chi connectivity index (χ2v) is 12.6. The summed E-state index contributed by atoms with van der Waals surface area (Å²) < 4.78 is 17.8. The molecule has 0 aromatic heterocycles. The second-order valence-electron chi connectivity index (χ2n) is 12.6. The van der Waals surface area contributed by atoms with Crippen LogP contribution in [0.5, 0.6) is 11.5 Å². The van der Waals surface area contributed by atoms with Gasteiger partial charge in [0, 0.05) is 24.5 Å². The van der Waals surface area contributed by atoms with Crippen molar-refractivity contribution in [3.05, 3.63) is 73.8 Å². The normalized spacial score (nSPS) is 28.4. The van der Waals surface area contributed by atoms with E-state index in [-0.39, 0.29) is 43.3 Å². The average molecular weight is 632 g/mol. The van der Waals surface area contributed by atoms with Crippen molar-refractivity contribution >= 4 is 29.1 Å². The molecule has 1 N–H and O–H groups in total. The Balaban J connectivity index is 1.60. The summed E-state index contributed by atoms with van der Waals surface area (Å²) in [7, 11) is 1.57. The number of aliphatic hydroxyl groups is 1. The molecule has 46 heavy (non-hydrogen) atoms. The molecule has 2 bridgehead atoms. The van der Waals surface area contributed by atoms with Crippen molar-refractivity contribution in [1.29, 1.82) is 0 Å². The Bertz CT molecular complexity index is 1480. The van der Waals surface area contributed by atoms with Crippen LogP contribution in [0, 0.1) is 17.8 Å². The zero-order valence-electron chi connectivity index (χ0n) is 27.3. The SMILES string of the molecule is C=CCN(C(=O)C1N([C@H](C)CO)C(=O)[C@@H]2[C@@H](C(=O)N(CC=C)c3ccc(OCC)cc3)[C@]3(C)OC12CC3C)c1ccc(OC)cc1. The molecule has 3 heterocycles. The second kappa shape index (κ2) is 12.9.